The van der Waals surface area contributed by atoms with E-state index in [2.05, 4.69) is 65.3 Å². The predicted octanol–water partition coefficient (Wildman–Crippen LogP) is 6.96. The number of nitrogens with zero attached hydrogens (tertiary/aromatic N) is 1. The molecule has 5 aromatic rings. The van der Waals surface area contributed by atoms with Crippen LogP contribution in [0.1, 0.15) is 23.6 Å². The standard InChI is InChI=1S/C38H38NO5PS/c1-42-34-25-29(26-35(43-2)38(34)44-3)37-36(46(40,41)33-22-14-7-15-23-33)27-30(24-28-16-8-4-9-17-28)39(37)45(31-18-10-5-11-19-31)32-20-12-6-13-21-32/h4-23,25-26,30,36-37H,24,27H2,1-3H3/t30-,36-,37+/m0/s1. The molecule has 6 nitrogen and oxygen atoms in total. The lowest BCUT2D eigenvalue weighted by atomic mass is 10.0. The molecule has 1 heterocycles. The van der Waals surface area contributed by atoms with E-state index >= 15 is 0 Å². The van der Waals surface area contributed by atoms with E-state index in [1.165, 1.54) is 0 Å². The van der Waals surface area contributed by atoms with Crippen LogP contribution in [0.15, 0.2) is 138 Å². The van der Waals surface area contributed by atoms with Gasteiger partial charge in [0.25, 0.3) is 0 Å². The highest BCUT2D eigenvalue weighted by Crippen LogP contribution is 2.56. The summed E-state index contributed by atoms with van der Waals surface area (Å²) < 4.78 is 49.3. The van der Waals surface area contributed by atoms with Gasteiger partial charge in [0.15, 0.2) is 21.3 Å². The Kier molecular flexibility index (Phi) is 9.74. The zero-order valence-corrected chi connectivity index (χ0v) is 27.9. The molecule has 1 aliphatic heterocycles. The van der Waals surface area contributed by atoms with E-state index in [0.29, 0.717) is 35.0 Å². The first-order valence-corrected chi connectivity index (χ1v) is 18.1. The van der Waals surface area contributed by atoms with Crippen molar-refractivity contribution >= 4 is 28.5 Å². The van der Waals surface area contributed by atoms with Crippen LogP contribution in [0.3, 0.4) is 0 Å². The molecule has 1 saturated heterocycles. The minimum atomic E-state index is -3.79. The number of benzene rings is 5. The number of sulfone groups is 1. The number of hydrogen-bond acceptors (Lipinski definition) is 6. The molecular weight excluding hydrogens is 613 g/mol. The van der Waals surface area contributed by atoms with Crippen molar-refractivity contribution in [2.24, 2.45) is 0 Å². The first-order chi connectivity index (χ1) is 22.5. The van der Waals surface area contributed by atoms with E-state index in [1.807, 2.05) is 48.5 Å². The summed E-state index contributed by atoms with van der Waals surface area (Å²) in [7, 11) is -0.217. The van der Waals surface area contributed by atoms with Crippen molar-refractivity contribution in [1.29, 1.82) is 0 Å². The van der Waals surface area contributed by atoms with Crippen LogP contribution in [0.5, 0.6) is 17.2 Å². The minimum absolute atomic E-state index is 0.0958. The first kappa shape index (κ1) is 31.8. The SMILES string of the molecule is COc1cc([C@@H]2[C@@H](S(=O)(=O)c3ccccc3)C[C@H](Cc3ccccc3)N2P(c2ccccc2)c2ccccc2)cc(OC)c1OC. The van der Waals surface area contributed by atoms with Crippen molar-refractivity contribution < 1.29 is 22.6 Å². The molecule has 0 aliphatic carbocycles. The van der Waals surface area contributed by atoms with Gasteiger partial charge >= 0.3 is 0 Å². The molecule has 0 radical (unpaired) electrons. The van der Waals surface area contributed by atoms with Crippen LogP contribution in [0.2, 0.25) is 0 Å². The lowest BCUT2D eigenvalue weighted by molar-refractivity contribution is 0.318. The Morgan fingerprint density at radius 2 is 1.15 bits per heavy atom. The fourth-order valence-electron chi connectivity index (χ4n) is 6.53. The zero-order chi connectivity index (χ0) is 32.1. The lowest BCUT2D eigenvalue weighted by Gasteiger charge is -2.39. The number of ether oxygens (including phenoxy) is 3. The topological polar surface area (TPSA) is 65.1 Å². The zero-order valence-electron chi connectivity index (χ0n) is 26.2. The van der Waals surface area contributed by atoms with Gasteiger partial charge < -0.3 is 14.2 Å². The van der Waals surface area contributed by atoms with Crippen molar-refractivity contribution in [2.75, 3.05) is 21.3 Å². The Balaban J connectivity index is 1.63. The van der Waals surface area contributed by atoms with E-state index in [4.69, 9.17) is 14.2 Å². The van der Waals surface area contributed by atoms with E-state index in [9.17, 15) is 8.42 Å². The summed E-state index contributed by atoms with van der Waals surface area (Å²) in [5.74, 6) is 1.45. The van der Waals surface area contributed by atoms with Crippen molar-refractivity contribution in [2.45, 2.75) is 35.1 Å². The Labute approximate surface area is 273 Å². The van der Waals surface area contributed by atoms with E-state index in [0.717, 1.165) is 21.7 Å². The van der Waals surface area contributed by atoms with Crippen LogP contribution in [-0.2, 0) is 16.3 Å². The van der Waals surface area contributed by atoms with Gasteiger partial charge in [-0.3, -0.25) is 4.67 Å². The molecule has 0 aromatic heterocycles. The third kappa shape index (κ3) is 6.28. The molecular formula is C38H38NO5PS. The van der Waals surface area contributed by atoms with Crippen molar-refractivity contribution in [1.82, 2.24) is 4.67 Å². The van der Waals surface area contributed by atoms with Gasteiger partial charge in [0, 0.05) is 14.1 Å². The second-order valence-corrected chi connectivity index (χ2v) is 15.5. The Bertz CT molecular complexity index is 1780. The summed E-state index contributed by atoms with van der Waals surface area (Å²) in [6.07, 6.45) is 1.15. The van der Waals surface area contributed by atoms with Crippen LogP contribution < -0.4 is 24.8 Å². The second kappa shape index (κ2) is 14.1. The molecule has 0 bridgehead atoms. The average Bonchev–Trinajstić information content (AvgIpc) is 3.48. The smallest absolute Gasteiger partial charge is 0.203 e. The van der Waals surface area contributed by atoms with Crippen LogP contribution in [-0.4, -0.2) is 45.7 Å². The van der Waals surface area contributed by atoms with E-state index in [-0.39, 0.29) is 6.04 Å². The third-order valence-corrected chi connectivity index (χ3v) is 13.3. The van der Waals surface area contributed by atoms with Crippen LogP contribution >= 0.6 is 8.07 Å². The van der Waals surface area contributed by atoms with Crippen molar-refractivity contribution in [3.63, 3.8) is 0 Å². The van der Waals surface area contributed by atoms with Crippen LogP contribution in [0, 0.1) is 0 Å². The maximum absolute atomic E-state index is 14.8. The first-order valence-electron chi connectivity index (χ1n) is 15.3. The Morgan fingerprint density at radius 3 is 1.63 bits per heavy atom. The quantitative estimate of drug-likeness (QED) is 0.144. The van der Waals surface area contributed by atoms with Gasteiger partial charge in [0.1, 0.15) is 0 Å². The van der Waals surface area contributed by atoms with Crippen molar-refractivity contribution in [3.8, 4) is 17.2 Å². The molecule has 0 saturated carbocycles. The van der Waals surface area contributed by atoms with Gasteiger partial charge in [-0.1, -0.05) is 109 Å². The molecule has 0 N–H and O–H groups in total. The van der Waals surface area contributed by atoms with E-state index in [1.54, 1.807) is 45.6 Å². The Hall–Kier alpha value is -4.16. The van der Waals surface area contributed by atoms with E-state index < -0.39 is 29.2 Å². The maximum Gasteiger partial charge on any atom is 0.203 e. The largest absolute Gasteiger partial charge is 0.493 e. The Morgan fingerprint density at radius 1 is 0.674 bits per heavy atom. The minimum Gasteiger partial charge on any atom is -0.493 e. The van der Waals surface area contributed by atoms with Gasteiger partial charge in [0.2, 0.25) is 5.75 Å². The molecule has 0 unspecified atom stereocenters. The van der Waals surface area contributed by atoms with Gasteiger partial charge in [0.05, 0.1) is 37.5 Å². The van der Waals surface area contributed by atoms with Crippen LogP contribution in [0.25, 0.3) is 0 Å². The molecule has 3 atom stereocenters. The molecule has 46 heavy (non-hydrogen) atoms. The summed E-state index contributed by atoms with van der Waals surface area (Å²) in [5.41, 5.74) is 1.96. The van der Waals surface area contributed by atoms with Crippen molar-refractivity contribution in [3.05, 3.63) is 145 Å². The summed E-state index contributed by atoms with van der Waals surface area (Å²) in [4.78, 5) is 0.321. The summed E-state index contributed by atoms with van der Waals surface area (Å²) in [6, 6.07) is 43.3. The molecule has 0 spiro atoms. The van der Waals surface area contributed by atoms with Gasteiger partial charge in [-0.2, -0.15) is 0 Å². The second-order valence-electron chi connectivity index (χ2n) is 11.2. The molecule has 6 rings (SSSR count). The molecule has 0 amide bonds. The normalized spacial score (nSPS) is 18.4. The monoisotopic (exact) mass is 651 g/mol. The fourth-order valence-corrected chi connectivity index (χ4v) is 11.4. The fraction of sp³-hybridized carbons (Fsp3) is 0.211. The maximum atomic E-state index is 14.8. The number of methoxy groups -OCH3 is 3. The number of hydrogen-bond donors (Lipinski definition) is 0. The summed E-state index contributed by atoms with van der Waals surface area (Å²) >= 11 is 0. The molecule has 236 valence electrons. The lowest BCUT2D eigenvalue weighted by Crippen LogP contribution is -2.37. The van der Waals surface area contributed by atoms with Gasteiger partial charge in [-0.05, 0) is 58.8 Å². The van der Waals surface area contributed by atoms with Gasteiger partial charge in [-0.15, -0.1) is 0 Å². The molecule has 1 fully saturated rings. The highest BCUT2D eigenvalue weighted by atomic mass is 32.2. The molecule has 8 heteroatoms. The summed E-state index contributed by atoms with van der Waals surface area (Å²) in [6.45, 7) is 0. The summed E-state index contributed by atoms with van der Waals surface area (Å²) in [5, 5.41) is 1.55. The highest BCUT2D eigenvalue weighted by Gasteiger charge is 2.51. The highest BCUT2D eigenvalue weighted by molar-refractivity contribution is 7.92. The molecule has 1 aliphatic rings. The predicted molar refractivity (Wildman–Crippen MR) is 186 cm³/mol. The molecule has 5 aromatic carbocycles. The van der Waals surface area contributed by atoms with Crippen LogP contribution in [0.4, 0.5) is 0 Å². The average molecular weight is 652 g/mol. The van der Waals surface area contributed by atoms with Gasteiger partial charge in [-0.25, -0.2) is 8.42 Å². The number of rotatable bonds is 11. The third-order valence-electron chi connectivity index (χ3n) is 8.56.